The topological polar surface area (TPSA) is 93.0 Å². The molecule has 1 heterocycles. The van der Waals surface area contributed by atoms with Crippen molar-refractivity contribution in [2.45, 2.75) is 13.3 Å². The van der Waals surface area contributed by atoms with Gasteiger partial charge in [-0.25, -0.2) is 4.39 Å². The molecule has 0 radical (unpaired) electrons. The molecule has 0 spiro atoms. The van der Waals surface area contributed by atoms with Crippen LogP contribution in [0.15, 0.2) is 18.2 Å². The van der Waals surface area contributed by atoms with Crippen molar-refractivity contribution in [1.82, 2.24) is 0 Å². The molecule has 0 bridgehead atoms. The van der Waals surface area contributed by atoms with Gasteiger partial charge in [-0.15, -0.1) is 11.3 Å². The zero-order chi connectivity index (χ0) is 14.9. The second-order valence-electron chi connectivity index (χ2n) is 4.04. The molecule has 0 saturated heterocycles. The van der Waals surface area contributed by atoms with E-state index in [0.717, 1.165) is 17.4 Å². The number of nitrogens with two attached hydrogens (primary N) is 1. The van der Waals surface area contributed by atoms with Gasteiger partial charge in [-0.2, -0.15) is 5.26 Å². The van der Waals surface area contributed by atoms with Gasteiger partial charge in [0.1, 0.15) is 16.8 Å². The van der Waals surface area contributed by atoms with Gasteiger partial charge >= 0.3 is 0 Å². The Hall–Kier alpha value is -2.46. The lowest BCUT2D eigenvalue weighted by Crippen LogP contribution is -1.94. The number of non-ortho nitro benzene ring substituents is 1. The molecule has 0 aliphatic carbocycles. The summed E-state index contributed by atoms with van der Waals surface area (Å²) in [4.78, 5) is 10.8. The molecule has 2 aromatic rings. The number of thiophene rings is 1. The zero-order valence-corrected chi connectivity index (χ0v) is 11.3. The molecule has 7 heteroatoms. The maximum absolute atomic E-state index is 14.0. The highest BCUT2D eigenvalue weighted by molar-refractivity contribution is 7.16. The second-order valence-corrected chi connectivity index (χ2v) is 5.06. The van der Waals surface area contributed by atoms with Crippen LogP contribution in [0.1, 0.15) is 17.4 Å². The summed E-state index contributed by atoms with van der Waals surface area (Å²) in [6.45, 7) is 1.85. The zero-order valence-electron chi connectivity index (χ0n) is 10.5. The van der Waals surface area contributed by atoms with E-state index < -0.39 is 10.7 Å². The highest BCUT2D eigenvalue weighted by Crippen LogP contribution is 2.40. The summed E-state index contributed by atoms with van der Waals surface area (Å²) in [5.74, 6) is -0.695. The minimum Gasteiger partial charge on any atom is -0.397 e. The van der Waals surface area contributed by atoms with E-state index in [2.05, 4.69) is 0 Å². The Morgan fingerprint density at radius 2 is 2.25 bits per heavy atom. The van der Waals surface area contributed by atoms with E-state index in [1.165, 1.54) is 12.1 Å². The van der Waals surface area contributed by atoms with Gasteiger partial charge in [0, 0.05) is 16.5 Å². The SMILES string of the molecule is CCc1c(-c2ccc([N+](=O)[O-])cc2F)sc(C#N)c1N. The summed E-state index contributed by atoms with van der Waals surface area (Å²) >= 11 is 1.10. The summed E-state index contributed by atoms with van der Waals surface area (Å²) in [7, 11) is 0. The van der Waals surface area contributed by atoms with Gasteiger partial charge in [0.25, 0.3) is 5.69 Å². The Kier molecular flexibility index (Phi) is 3.68. The third-order valence-electron chi connectivity index (χ3n) is 2.91. The smallest absolute Gasteiger partial charge is 0.272 e. The van der Waals surface area contributed by atoms with Crippen molar-refractivity contribution >= 4 is 22.7 Å². The molecule has 1 aromatic carbocycles. The van der Waals surface area contributed by atoms with Gasteiger partial charge < -0.3 is 5.73 Å². The molecule has 0 fully saturated rings. The van der Waals surface area contributed by atoms with E-state index in [1.807, 2.05) is 13.0 Å². The highest BCUT2D eigenvalue weighted by Gasteiger charge is 2.20. The fourth-order valence-electron chi connectivity index (χ4n) is 1.93. The quantitative estimate of drug-likeness (QED) is 0.692. The molecular formula is C13H10FN3O2S. The van der Waals surface area contributed by atoms with Crippen molar-refractivity contribution in [2.24, 2.45) is 0 Å². The Morgan fingerprint density at radius 3 is 2.75 bits per heavy atom. The summed E-state index contributed by atoms with van der Waals surface area (Å²) in [6.07, 6.45) is 0.551. The first-order chi connectivity index (χ1) is 9.49. The normalized spacial score (nSPS) is 10.2. The molecule has 2 N–H and O–H groups in total. The van der Waals surface area contributed by atoms with Crippen LogP contribution in [0.5, 0.6) is 0 Å². The minimum atomic E-state index is -0.695. The molecule has 102 valence electrons. The van der Waals surface area contributed by atoms with Crippen molar-refractivity contribution in [3.63, 3.8) is 0 Å². The monoisotopic (exact) mass is 291 g/mol. The van der Waals surface area contributed by atoms with Crippen LogP contribution in [0.3, 0.4) is 0 Å². The van der Waals surface area contributed by atoms with Gasteiger partial charge in [-0.05, 0) is 18.1 Å². The Morgan fingerprint density at radius 1 is 1.55 bits per heavy atom. The number of rotatable bonds is 3. The number of nitriles is 1. The van der Waals surface area contributed by atoms with Crippen molar-refractivity contribution in [1.29, 1.82) is 5.26 Å². The fraction of sp³-hybridized carbons (Fsp3) is 0.154. The lowest BCUT2D eigenvalue weighted by molar-refractivity contribution is -0.385. The van der Waals surface area contributed by atoms with E-state index in [-0.39, 0.29) is 11.3 Å². The third kappa shape index (κ3) is 2.21. The molecule has 1 aromatic heterocycles. The molecule has 2 rings (SSSR count). The van der Waals surface area contributed by atoms with Gasteiger partial charge in [0.05, 0.1) is 16.7 Å². The number of hydrogen-bond acceptors (Lipinski definition) is 5. The van der Waals surface area contributed by atoms with Gasteiger partial charge in [0.15, 0.2) is 0 Å². The maximum atomic E-state index is 14.0. The van der Waals surface area contributed by atoms with Crippen LogP contribution in [0.4, 0.5) is 15.8 Å². The van der Waals surface area contributed by atoms with Crippen LogP contribution in [0.2, 0.25) is 0 Å². The van der Waals surface area contributed by atoms with Gasteiger partial charge in [-0.3, -0.25) is 10.1 Å². The van der Waals surface area contributed by atoms with E-state index in [1.54, 1.807) is 0 Å². The van der Waals surface area contributed by atoms with Crippen molar-refractivity contribution in [3.05, 3.63) is 44.6 Å². The van der Waals surface area contributed by atoms with Crippen LogP contribution in [-0.2, 0) is 6.42 Å². The van der Waals surface area contributed by atoms with Crippen molar-refractivity contribution < 1.29 is 9.31 Å². The summed E-state index contributed by atoms with van der Waals surface area (Å²) in [5, 5.41) is 19.6. The fourth-order valence-corrected chi connectivity index (χ4v) is 3.07. The van der Waals surface area contributed by atoms with Crippen LogP contribution in [-0.4, -0.2) is 4.92 Å². The van der Waals surface area contributed by atoms with Crippen molar-refractivity contribution in [2.75, 3.05) is 5.73 Å². The number of anilines is 1. The lowest BCUT2D eigenvalue weighted by Gasteiger charge is -2.04. The molecule has 5 nitrogen and oxygen atoms in total. The number of nitrogen functional groups attached to an aromatic ring is 1. The number of nitro benzene ring substituents is 1. The molecule has 0 saturated carbocycles. The second kappa shape index (κ2) is 5.27. The Labute approximate surface area is 118 Å². The Balaban J connectivity index is 2.63. The molecule has 0 atom stereocenters. The predicted molar refractivity (Wildman–Crippen MR) is 74.9 cm³/mol. The molecule has 0 aliphatic rings. The predicted octanol–water partition coefficient (Wildman–Crippen LogP) is 3.48. The number of hydrogen-bond donors (Lipinski definition) is 1. The highest BCUT2D eigenvalue weighted by atomic mass is 32.1. The first-order valence-electron chi connectivity index (χ1n) is 5.75. The minimum absolute atomic E-state index is 0.227. The summed E-state index contributed by atoms with van der Waals surface area (Å²) in [5.41, 5.74) is 6.81. The molecule has 0 aliphatic heterocycles. The first-order valence-corrected chi connectivity index (χ1v) is 6.56. The first kappa shape index (κ1) is 14.0. The number of nitro groups is 1. The van der Waals surface area contributed by atoms with E-state index in [0.29, 0.717) is 27.4 Å². The third-order valence-corrected chi connectivity index (χ3v) is 4.10. The molecule has 0 unspecified atom stereocenters. The van der Waals surface area contributed by atoms with Crippen LogP contribution >= 0.6 is 11.3 Å². The average molecular weight is 291 g/mol. The average Bonchev–Trinajstić information content (AvgIpc) is 2.74. The van der Waals surface area contributed by atoms with Crippen molar-refractivity contribution in [3.8, 4) is 16.5 Å². The van der Waals surface area contributed by atoms with Gasteiger partial charge in [0.2, 0.25) is 0 Å². The molecule has 0 amide bonds. The maximum Gasteiger partial charge on any atom is 0.272 e. The van der Waals surface area contributed by atoms with Crippen LogP contribution in [0.25, 0.3) is 10.4 Å². The summed E-state index contributed by atoms with van der Waals surface area (Å²) < 4.78 is 14.0. The Bertz CT molecular complexity index is 734. The van der Waals surface area contributed by atoms with E-state index in [9.17, 15) is 14.5 Å². The number of nitrogens with zero attached hydrogens (tertiary/aromatic N) is 2. The molecule has 20 heavy (non-hydrogen) atoms. The summed E-state index contributed by atoms with van der Waals surface area (Å²) in [6, 6.07) is 5.43. The number of halogens is 1. The van der Waals surface area contributed by atoms with E-state index >= 15 is 0 Å². The number of benzene rings is 1. The van der Waals surface area contributed by atoms with Gasteiger partial charge in [-0.1, -0.05) is 6.92 Å². The van der Waals surface area contributed by atoms with Crippen LogP contribution < -0.4 is 5.73 Å². The molecular weight excluding hydrogens is 281 g/mol. The van der Waals surface area contributed by atoms with Crippen LogP contribution in [0, 0.1) is 27.3 Å². The van der Waals surface area contributed by atoms with E-state index in [4.69, 9.17) is 11.0 Å². The standard InChI is InChI=1S/C13H10FN3O2S/c1-2-8-12(16)11(6-15)20-13(8)9-4-3-7(17(18)19)5-10(9)14/h3-5H,2,16H2,1H3. The lowest BCUT2D eigenvalue weighted by atomic mass is 10.1. The largest absolute Gasteiger partial charge is 0.397 e.